The molecule has 0 aromatic heterocycles. The molecule has 0 bridgehead atoms. The van der Waals surface area contributed by atoms with Gasteiger partial charge in [-0.25, -0.2) is 0 Å². The van der Waals surface area contributed by atoms with Gasteiger partial charge < -0.3 is 10.2 Å². The fraction of sp³-hybridized carbons (Fsp3) is 0.300. The number of hydrogen-bond donors (Lipinski definition) is 1. The third kappa shape index (κ3) is 4.65. The number of alkyl halides is 3. The maximum absolute atomic E-state index is 13.2. The zero-order valence-electron chi connectivity index (χ0n) is 14.8. The molecule has 1 fully saturated rings. The number of nitrogens with one attached hydrogen (secondary N) is 1. The summed E-state index contributed by atoms with van der Waals surface area (Å²) in [6.07, 6.45) is -3.46. The average molecular weight is 411 g/mol. The highest BCUT2D eigenvalue weighted by molar-refractivity contribution is 6.30. The van der Waals surface area contributed by atoms with Crippen molar-refractivity contribution in [2.24, 2.45) is 0 Å². The summed E-state index contributed by atoms with van der Waals surface area (Å²) in [7, 11) is 0. The summed E-state index contributed by atoms with van der Waals surface area (Å²) in [6, 6.07) is 11.4. The highest BCUT2D eigenvalue weighted by Crippen LogP contribution is 2.34. The summed E-state index contributed by atoms with van der Waals surface area (Å²) >= 11 is 5.66. The molecule has 1 aliphatic rings. The Morgan fingerprint density at radius 1 is 1.11 bits per heavy atom. The molecule has 1 saturated heterocycles. The van der Waals surface area contributed by atoms with Crippen molar-refractivity contribution < 1.29 is 22.8 Å². The second-order valence-electron chi connectivity index (χ2n) is 6.62. The lowest BCUT2D eigenvalue weighted by Crippen LogP contribution is -2.49. The third-order valence-electron chi connectivity index (χ3n) is 4.60. The molecular formula is C20H18ClF3N2O2. The Balaban J connectivity index is 1.72. The number of carbonyl (C=O) groups excluding carboxylic acids is 2. The van der Waals surface area contributed by atoms with Crippen LogP contribution in [0.5, 0.6) is 0 Å². The van der Waals surface area contributed by atoms with Crippen LogP contribution in [-0.4, -0.2) is 35.8 Å². The summed E-state index contributed by atoms with van der Waals surface area (Å²) in [5, 5.41) is 2.53. The van der Waals surface area contributed by atoms with Gasteiger partial charge in [0.15, 0.2) is 0 Å². The minimum Gasteiger partial charge on any atom is -0.348 e. The Hall–Kier alpha value is -2.54. The highest BCUT2D eigenvalue weighted by atomic mass is 35.5. The molecule has 1 atom stereocenters. The maximum Gasteiger partial charge on any atom is 0.417 e. The summed E-state index contributed by atoms with van der Waals surface area (Å²) in [5.74, 6) is -0.995. The molecule has 148 valence electrons. The number of halogens is 4. The van der Waals surface area contributed by atoms with Gasteiger partial charge in [-0.1, -0.05) is 29.8 Å². The molecule has 1 unspecified atom stereocenters. The van der Waals surface area contributed by atoms with Gasteiger partial charge in [0.05, 0.1) is 11.1 Å². The first kappa shape index (κ1) is 20.2. The first-order valence-electron chi connectivity index (χ1n) is 8.77. The normalized spacial score (nSPS) is 17.3. The molecule has 2 aromatic carbocycles. The van der Waals surface area contributed by atoms with E-state index in [9.17, 15) is 22.8 Å². The van der Waals surface area contributed by atoms with E-state index in [-0.39, 0.29) is 17.5 Å². The van der Waals surface area contributed by atoms with E-state index >= 15 is 0 Å². The monoisotopic (exact) mass is 410 g/mol. The van der Waals surface area contributed by atoms with Gasteiger partial charge in [0, 0.05) is 29.7 Å². The predicted molar refractivity (Wildman–Crippen MR) is 99.3 cm³/mol. The van der Waals surface area contributed by atoms with E-state index in [0.29, 0.717) is 24.9 Å². The van der Waals surface area contributed by atoms with Gasteiger partial charge in [-0.3, -0.25) is 9.59 Å². The van der Waals surface area contributed by atoms with Crippen LogP contribution < -0.4 is 5.32 Å². The molecule has 1 aliphatic heterocycles. The number of hydrogen-bond acceptors (Lipinski definition) is 2. The van der Waals surface area contributed by atoms with Crippen molar-refractivity contribution in [1.29, 1.82) is 0 Å². The first-order valence-corrected chi connectivity index (χ1v) is 9.15. The van der Waals surface area contributed by atoms with Gasteiger partial charge in [-0.2, -0.15) is 13.2 Å². The van der Waals surface area contributed by atoms with E-state index in [1.54, 1.807) is 35.2 Å². The van der Waals surface area contributed by atoms with Gasteiger partial charge in [0.1, 0.15) is 0 Å². The van der Waals surface area contributed by atoms with Gasteiger partial charge in [-0.15, -0.1) is 0 Å². The van der Waals surface area contributed by atoms with E-state index in [1.165, 1.54) is 6.07 Å². The van der Waals surface area contributed by atoms with Gasteiger partial charge in [0.25, 0.3) is 11.8 Å². The van der Waals surface area contributed by atoms with Crippen molar-refractivity contribution >= 4 is 23.4 Å². The zero-order chi connectivity index (χ0) is 20.3. The van der Waals surface area contributed by atoms with Crippen molar-refractivity contribution in [2.75, 3.05) is 13.1 Å². The van der Waals surface area contributed by atoms with Crippen LogP contribution in [0.2, 0.25) is 5.02 Å². The Kier molecular flexibility index (Phi) is 5.93. The largest absolute Gasteiger partial charge is 0.417 e. The van der Waals surface area contributed by atoms with Gasteiger partial charge in [-0.05, 0) is 43.2 Å². The van der Waals surface area contributed by atoms with Crippen LogP contribution >= 0.6 is 11.6 Å². The summed E-state index contributed by atoms with van der Waals surface area (Å²) < 4.78 is 39.7. The number of benzene rings is 2. The van der Waals surface area contributed by atoms with Crippen LogP contribution in [0.1, 0.15) is 39.1 Å². The topological polar surface area (TPSA) is 49.4 Å². The number of nitrogens with zero attached hydrogens (tertiary/aromatic N) is 1. The zero-order valence-corrected chi connectivity index (χ0v) is 15.6. The quantitative estimate of drug-likeness (QED) is 0.815. The molecule has 1 N–H and O–H groups in total. The molecule has 2 amide bonds. The number of likely N-dealkylation sites (tertiary alicyclic amines) is 1. The summed E-state index contributed by atoms with van der Waals surface area (Å²) in [5.41, 5.74) is -1.03. The SMILES string of the molecule is O=C(NC1CCCN(C(=O)c2ccccc2)C1)c1ccc(Cl)cc1C(F)(F)F. The fourth-order valence-electron chi connectivity index (χ4n) is 3.25. The standard InChI is InChI=1S/C20H18ClF3N2O2/c21-14-8-9-16(17(11-14)20(22,23)24)18(27)25-15-7-4-10-26(12-15)19(28)13-5-2-1-3-6-13/h1-3,5-6,8-9,11,15H,4,7,10,12H2,(H,25,27). The second kappa shape index (κ2) is 8.22. The molecule has 0 saturated carbocycles. The van der Waals surface area contributed by atoms with E-state index in [0.717, 1.165) is 12.1 Å². The van der Waals surface area contributed by atoms with Crippen molar-refractivity contribution in [1.82, 2.24) is 10.2 Å². The van der Waals surface area contributed by atoms with E-state index in [4.69, 9.17) is 11.6 Å². The van der Waals surface area contributed by atoms with Crippen LogP contribution in [0.25, 0.3) is 0 Å². The van der Waals surface area contributed by atoms with Crippen LogP contribution in [0.4, 0.5) is 13.2 Å². The Morgan fingerprint density at radius 2 is 1.82 bits per heavy atom. The van der Waals surface area contributed by atoms with E-state index in [1.807, 2.05) is 0 Å². The average Bonchev–Trinajstić information content (AvgIpc) is 2.67. The van der Waals surface area contributed by atoms with Crippen LogP contribution in [0.15, 0.2) is 48.5 Å². The molecule has 2 aromatic rings. The smallest absolute Gasteiger partial charge is 0.348 e. The minimum atomic E-state index is -4.69. The molecule has 0 spiro atoms. The van der Waals surface area contributed by atoms with E-state index in [2.05, 4.69) is 5.32 Å². The second-order valence-corrected chi connectivity index (χ2v) is 7.05. The number of piperidine rings is 1. The molecule has 8 heteroatoms. The fourth-order valence-corrected chi connectivity index (χ4v) is 3.43. The molecule has 3 rings (SSSR count). The summed E-state index contributed by atoms with van der Waals surface area (Å²) in [4.78, 5) is 26.7. The number of rotatable bonds is 3. The van der Waals surface area contributed by atoms with Crippen LogP contribution in [-0.2, 0) is 6.18 Å². The van der Waals surface area contributed by atoms with Crippen molar-refractivity contribution in [3.8, 4) is 0 Å². The van der Waals surface area contributed by atoms with Crippen molar-refractivity contribution in [2.45, 2.75) is 25.1 Å². The highest BCUT2D eigenvalue weighted by Gasteiger charge is 2.36. The Bertz CT molecular complexity index is 871. The van der Waals surface area contributed by atoms with E-state index < -0.39 is 29.3 Å². The minimum absolute atomic E-state index is 0.0961. The van der Waals surface area contributed by atoms with Crippen molar-refractivity contribution in [3.05, 3.63) is 70.2 Å². The van der Waals surface area contributed by atoms with Gasteiger partial charge >= 0.3 is 6.18 Å². The molecular weight excluding hydrogens is 393 g/mol. The molecule has 4 nitrogen and oxygen atoms in total. The van der Waals surface area contributed by atoms with Crippen LogP contribution in [0.3, 0.4) is 0 Å². The molecule has 0 aliphatic carbocycles. The molecule has 0 radical (unpaired) electrons. The van der Waals surface area contributed by atoms with Gasteiger partial charge in [0.2, 0.25) is 0 Å². The first-order chi connectivity index (χ1) is 13.3. The Labute approximate surface area is 165 Å². The predicted octanol–water partition coefficient (Wildman–Crippen LogP) is 4.39. The lowest BCUT2D eigenvalue weighted by atomic mass is 10.0. The number of amides is 2. The lowest BCUT2D eigenvalue weighted by Gasteiger charge is -2.33. The molecule has 1 heterocycles. The molecule has 28 heavy (non-hydrogen) atoms. The van der Waals surface area contributed by atoms with Crippen LogP contribution in [0, 0.1) is 0 Å². The lowest BCUT2D eigenvalue weighted by molar-refractivity contribution is -0.137. The van der Waals surface area contributed by atoms with Crippen molar-refractivity contribution in [3.63, 3.8) is 0 Å². The Morgan fingerprint density at radius 3 is 2.50 bits per heavy atom. The third-order valence-corrected chi connectivity index (χ3v) is 4.83. The summed E-state index contributed by atoms with van der Waals surface area (Å²) in [6.45, 7) is 0.781. The maximum atomic E-state index is 13.2. The number of carbonyl (C=O) groups is 2.